The van der Waals surface area contributed by atoms with Crippen LogP contribution >= 0.6 is 23.5 Å². The lowest BCUT2D eigenvalue weighted by Gasteiger charge is -2.03. The molecule has 0 fully saturated rings. The van der Waals surface area contributed by atoms with Gasteiger partial charge in [-0.1, -0.05) is 64.7 Å². The van der Waals surface area contributed by atoms with Crippen molar-refractivity contribution in [1.29, 1.82) is 0 Å². The first-order chi connectivity index (χ1) is 8.91. The Bertz CT molecular complexity index is 121. The second-order valence-corrected chi connectivity index (χ2v) is 7.36. The Hall–Kier alpha value is 0.700. The molecular weight excluding hydrogens is 256 g/mol. The highest BCUT2D eigenvalue weighted by Crippen LogP contribution is 2.13. The van der Waals surface area contributed by atoms with E-state index >= 15 is 0 Å². The monoisotopic (exact) mass is 289 g/mol. The van der Waals surface area contributed by atoms with Crippen LogP contribution in [0.2, 0.25) is 0 Å². The molecule has 0 spiro atoms. The zero-order chi connectivity index (χ0) is 13.3. The van der Waals surface area contributed by atoms with Crippen molar-refractivity contribution in [3.05, 3.63) is 6.92 Å². The molecule has 0 saturated heterocycles. The normalized spacial score (nSPS) is 11.0. The van der Waals surface area contributed by atoms with E-state index < -0.39 is 0 Å². The first-order valence-electron chi connectivity index (χ1n) is 7.86. The number of rotatable bonds is 15. The molecular formula is C16H33S2. The highest BCUT2D eigenvalue weighted by molar-refractivity contribution is 8.02. The van der Waals surface area contributed by atoms with E-state index in [1.165, 1.54) is 81.5 Å². The Labute approximate surface area is 124 Å². The summed E-state index contributed by atoms with van der Waals surface area (Å²) in [5, 5.41) is 0. The van der Waals surface area contributed by atoms with Crippen LogP contribution < -0.4 is 0 Å². The summed E-state index contributed by atoms with van der Waals surface area (Å²) in [6, 6.07) is 0. The third-order valence-corrected chi connectivity index (χ3v) is 5.27. The van der Waals surface area contributed by atoms with Crippen molar-refractivity contribution >= 4 is 23.5 Å². The lowest BCUT2D eigenvalue weighted by atomic mass is 10.1. The minimum Gasteiger partial charge on any atom is -0.161 e. The van der Waals surface area contributed by atoms with Gasteiger partial charge in [0.15, 0.2) is 0 Å². The Kier molecular flexibility index (Phi) is 18.4. The first kappa shape index (κ1) is 18.7. The fourth-order valence-electron chi connectivity index (χ4n) is 2.01. The van der Waals surface area contributed by atoms with E-state index in [1.54, 1.807) is 0 Å². The molecule has 0 nitrogen and oxygen atoms in total. The molecule has 0 saturated carbocycles. The van der Waals surface area contributed by atoms with E-state index in [9.17, 15) is 0 Å². The van der Waals surface area contributed by atoms with Gasteiger partial charge in [-0.05, 0) is 24.9 Å². The summed E-state index contributed by atoms with van der Waals surface area (Å²) < 4.78 is 0. The van der Waals surface area contributed by atoms with Crippen LogP contribution in [0.3, 0.4) is 0 Å². The highest BCUT2D eigenvalue weighted by atomic mass is 32.2. The van der Waals surface area contributed by atoms with Crippen molar-refractivity contribution in [1.82, 2.24) is 0 Å². The third-order valence-electron chi connectivity index (χ3n) is 3.16. The van der Waals surface area contributed by atoms with Crippen LogP contribution in [-0.2, 0) is 0 Å². The highest BCUT2D eigenvalue weighted by Gasteiger charge is 1.93. The Morgan fingerprint density at radius 2 is 1.11 bits per heavy atom. The zero-order valence-electron chi connectivity index (χ0n) is 12.4. The number of thioether (sulfide) groups is 2. The largest absolute Gasteiger partial charge is 0.161 e. The van der Waals surface area contributed by atoms with Gasteiger partial charge in [-0.3, -0.25) is 0 Å². The molecule has 0 aliphatic heterocycles. The molecule has 0 amide bonds. The molecule has 0 aromatic carbocycles. The first-order valence-corrected chi connectivity index (χ1v) is 10.2. The van der Waals surface area contributed by atoms with E-state index in [0.717, 1.165) is 5.75 Å². The van der Waals surface area contributed by atoms with Crippen LogP contribution in [0.4, 0.5) is 0 Å². The fourth-order valence-corrected chi connectivity index (χ4v) is 3.77. The summed E-state index contributed by atoms with van der Waals surface area (Å²) in [6.45, 7) is 6.13. The Balaban J connectivity index is 2.86. The maximum atomic E-state index is 3.84. The average Bonchev–Trinajstić information content (AvgIpc) is 2.39. The molecule has 0 heterocycles. The van der Waals surface area contributed by atoms with Gasteiger partial charge < -0.3 is 0 Å². The average molecular weight is 290 g/mol. The smallest absolute Gasteiger partial charge is 0.00235 e. The number of hydrogen-bond acceptors (Lipinski definition) is 2. The standard InChI is InChI=1S/C16H33S2/c1-3-5-6-7-8-9-10-11-12-13-14-18-16-15-17-4-2/h2-16H2,1H3. The summed E-state index contributed by atoms with van der Waals surface area (Å²) in [5.41, 5.74) is 0. The molecule has 0 aliphatic rings. The van der Waals surface area contributed by atoms with Crippen molar-refractivity contribution in [3.8, 4) is 0 Å². The maximum Gasteiger partial charge on any atom is 0.00235 e. The minimum absolute atomic E-state index is 1.03. The molecule has 2 heteroatoms. The van der Waals surface area contributed by atoms with E-state index in [-0.39, 0.29) is 0 Å². The quantitative estimate of drug-likeness (QED) is 0.329. The SMILES string of the molecule is [CH2]CSCCSCCCCCCCCCCCC. The lowest BCUT2D eigenvalue weighted by molar-refractivity contribution is 0.563. The zero-order valence-corrected chi connectivity index (χ0v) is 14.1. The molecule has 0 aliphatic carbocycles. The second-order valence-electron chi connectivity index (χ2n) is 4.91. The summed E-state index contributed by atoms with van der Waals surface area (Å²) in [7, 11) is 0. The minimum atomic E-state index is 1.03. The van der Waals surface area contributed by atoms with Crippen LogP contribution in [0.15, 0.2) is 0 Å². The molecule has 0 aromatic heterocycles. The summed E-state index contributed by atoms with van der Waals surface area (Å²) in [6.07, 6.45) is 14.5. The predicted molar refractivity (Wildman–Crippen MR) is 91.9 cm³/mol. The molecule has 0 bridgehead atoms. The van der Waals surface area contributed by atoms with Crippen LogP contribution in [-0.4, -0.2) is 23.0 Å². The molecule has 0 N–H and O–H groups in total. The van der Waals surface area contributed by atoms with Gasteiger partial charge in [0.2, 0.25) is 0 Å². The van der Waals surface area contributed by atoms with Gasteiger partial charge in [-0.15, -0.1) is 0 Å². The second kappa shape index (κ2) is 17.7. The van der Waals surface area contributed by atoms with Crippen LogP contribution in [0.5, 0.6) is 0 Å². The van der Waals surface area contributed by atoms with Crippen LogP contribution in [0.25, 0.3) is 0 Å². The van der Waals surface area contributed by atoms with Crippen LogP contribution in [0.1, 0.15) is 71.1 Å². The maximum absolute atomic E-state index is 3.84. The van der Waals surface area contributed by atoms with Gasteiger partial charge >= 0.3 is 0 Å². The van der Waals surface area contributed by atoms with E-state index in [4.69, 9.17) is 0 Å². The topological polar surface area (TPSA) is 0 Å². The number of hydrogen-bond donors (Lipinski definition) is 0. The van der Waals surface area contributed by atoms with Crippen molar-refractivity contribution in [3.63, 3.8) is 0 Å². The van der Waals surface area contributed by atoms with Gasteiger partial charge in [0, 0.05) is 11.5 Å². The van der Waals surface area contributed by atoms with Crippen LogP contribution in [0, 0.1) is 6.92 Å². The van der Waals surface area contributed by atoms with Gasteiger partial charge in [0.25, 0.3) is 0 Å². The lowest BCUT2D eigenvalue weighted by Crippen LogP contribution is -1.88. The molecule has 1 radical (unpaired) electrons. The Morgan fingerprint density at radius 1 is 0.611 bits per heavy atom. The summed E-state index contributed by atoms with van der Waals surface area (Å²) in [4.78, 5) is 0. The number of unbranched alkanes of at least 4 members (excludes halogenated alkanes) is 9. The van der Waals surface area contributed by atoms with Crippen molar-refractivity contribution in [2.75, 3.05) is 23.0 Å². The predicted octanol–water partition coefficient (Wildman–Crippen LogP) is 6.21. The molecule has 0 rings (SSSR count). The molecule has 18 heavy (non-hydrogen) atoms. The van der Waals surface area contributed by atoms with E-state index in [1.807, 2.05) is 11.8 Å². The van der Waals surface area contributed by atoms with Gasteiger partial charge in [0.05, 0.1) is 0 Å². The molecule has 109 valence electrons. The summed E-state index contributed by atoms with van der Waals surface area (Å²) >= 11 is 4.08. The summed E-state index contributed by atoms with van der Waals surface area (Å²) in [5.74, 6) is 5.00. The molecule has 0 atom stereocenters. The van der Waals surface area contributed by atoms with Gasteiger partial charge in [-0.2, -0.15) is 23.5 Å². The van der Waals surface area contributed by atoms with Crippen molar-refractivity contribution < 1.29 is 0 Å². The molecule has 0 aromatic rings. The van der Waals surface area contributed by atoms with Gasteiger partial charge in [0.1, 0.15) is 0 Å². The van der Waals surface area contributed by atoms with E-state index in [2.05, 4.69) is 25.6 Å². The van der Waals surface area contributed by atoms with Crippen molar-refractivity contribution in [2.24, 2.45) is 0 Å². The van der Waals surface area contributed by atoms with Crippen molar-refractivity contribution in [2.45, 2.75) is 71.1 Å². The van der Waals surface area contributed by atoms with Gasteiger partial charge in [-0.25, -0.2) is 0 Å². The third kappa shape index (κ3) is 16.7. The van der Waals surface area contributed by atoms with E-state index in [0.29, 0.717) is 0 Å². The molecule has 0 unspecified atom stereocenters. The fraction of sp³-hybridized carbons (Fsp3) is 0.938. The Morgan fingerprint density at radius 3 is 1.67 bits per heavy atom.